The molecular formula is C21H23Cl2N3O3S. The standard InChI is InChI=1S/C21H22ClN3O3S.ClH/c1-24(2)8-5-9-25(20(26)14-6-3-4-7-15(14)22)21-23-16-12-17-18(13-19(16)29-21)28-11-10-27-17;/h3-4,6-7,12-13H,5,8-11H2,1-2H3;1H. The molecule has 0 aliphatic carbocycles. The zero-order chi connectivity index (χ0) is 20.4. The summed E-state index contributed by atoms with van der Waals surface area (Å²) in [6.45, 7) is 2.48. The van der Waals surface area contributed by atoms with Gasteiger partial charge in [-0.25, -0.2) is 4.98 Å². The Labute approximate surface area is 190 Å². The SMILES string of the molecule is CN(C)CCCN(C(=O)c1ccccc1Cl)c1nc2cc3c(cc2s1)OCCO3.Cl. The van der Waals surface area contributed by atoms with Crippen LogP contribution in [-0.2, 0) is 0 Å². The van der Waals surface area contributed by atoms with Crippen molar-refractivity contribution >= 4 is 56.6 Å². The summed E-state index contributed by atoms with van der Waals surface area (Å²) in [6, 6.07) is 10.9. The number of hydrogen-bond acceptors (Lipinski definition) is 6. The van der Waals surface area contributed by atoms with Crippen LogP contribution in [0.5, 0.6) is 11.5 Å². The lowest BCUT2D eigenvalue weighted by atomic mass is 10.2. The number of amides is 1. The minimum Gasteiger partial charge on any atom is -0.486 e. The zero-order valence-corrected chi connectivity index (χ0v) is 19.1. The second-order valence-electron chi connectivity index (χ2n) is 7.05. The number of nitrogens with zero attached hydrogens (tertiary/aromatic N) is 3. The van der Waals surface area contributed by atoms with E-state index in [0.717, 1.165) is 28.9 Å². The van der Waals surface area contributed by atoms with E-state index >= 15 is 0 Å². The molecule has 0 atom stereocenters. The Morgan fingerprint density at radius 2 is 1.83 bits per heavy atom. The molecule has 4 rings (SSSR count). The number of rotatable bonds is 6. The van der Waals surface area contributed by atoms with Gasteiger partial charge in [-0.15, -0.1) is 12.4 Å². The van der Waals surface area contributed by atoms with Crippen molar-refractivity contribution in [2.75, 3.05) is 45.3 Å². The van der Waals surface area contributed by atoms with Gasteiger partial charge in [-0.1, -0.05) is 35.1 Å². The molecule has 0 bridgehead atoms. The van der Waals surface area contributed by atoms with Gasteiger partial charge in [0.1, 0.15) is 13.2 Å². The maximum Gasteiger partial charge on any atom is 0.261 e. The van der Waals surface area contributed by atoms with Crippen LogP contribution in [0.25, 0.3) is 10.2 Å². The topological polar surface area (TPSA) is 54.9 Å². The summed E-state index contributed by atoms with van der Waals surface area (Å²) in [6.07, 6.45) is 0.821. The molecule has 2 heterocycles. The van der Waals surface area contributed by atoms with E-state index in [1.165, 1.54) is 11.3 Å². The van der Waals surface area contributed by atoms with E-state index in [0.29, 0.717) is 41.2 Å². The first-order valence-corrected chi connectivity index (χ1v) is 10.6. The summed E-state index contributed by atoms with van der Waals surface area (Å²) in [5.41, 5.74) is 1.27. The van der Waals surface area contributed by atoms with Gasteiger partial charge in [0.2, 0.25) is 0 Å². The number of halogens is 2. The lowest BCUT2D eigenvalue weighted by Gasteiger charge is -2.21. The molecule has 0 spiro atoms. The molecule has 0 saturated carbocycles. The summed E-state index contributed by atoms with van der Waals surface area (Å²) in [5, 5.41) is 1.08. The monoisotopic (exact) mass is 467 g/mol. The molecule has 0 saturated heterocycles. The lowest BCUT2D eigenvalue weighted by Crippen LogP contribution is -2.33. The summed E-state index contributed by atoms with van der Waals surface area (Å²) >= 11 is 7.76. The van der Waals surface area contributed by atoms with E-state index in [1.54, 1.807) is 17.0 Å². The highest BCUT2D eigenvalue weighted by molar-refractivity contribution is 7.22. The summed E-state index contributed by atoms with van der Waals surface area (Å²) in [5.74, 6) is 1.26. The smallest absolute Gasteiger partial charge is 0.261 e. The number of ether oxygens (including phenoxy) is 2. The van der Waals surface area contributed by atoms with Crippen molar-refractivity contribution in [3.8, 4) is 11.5 Å². The van der Waals surface area contributed by atoms with Crippen LogP contribution in [0.1, 0.15) is 16.8 Å². The van der Waals surface area contributed by atoms with Gasteiger partial charge in [0.25, 0.3) is 5.91 Å². The predicted octanol–water partition coefficient (Wildman–Crippen LogP) is 4.74. The van der Waals surface area contributed by atoms with E-state index in [9.17, 15) is 4.79 Å². The fraction of sp³-hybridized carbons (Fsp3) is 0.333. The fourth-order valence-corrected chi connectivity index (χ4v) is 4.39. The van der Waals surface area contributed by atoms with Crippen LogP contribution in [0.4, 0.5) is 5.13 Å². The minimum absolute atomic E-state index is 0. The Morgan fingerprint density at radius 3 is 2.53 bits per heavy atom. The highest BCUT2D eigenvalue weighted by Gasteiger charge is 2.24. The molecule has 3 aromatic rings. The Morgan fingerprint density at radius 1 is 1.13 bits per heavy atom. The van der Waals surface area contributed by atoms with Gasteiger partial charge in [-0.3, -0.25) is 9.69 Å². The van der Waals surface area contributed by atoms with Crippen LogP contribution in [-0.4, -0.2) is 56.2 Å². The predicted molar refractivity (Wildman–Crippen MR) is 124 cm³/mol. The second kappa shape index (κ2) is 9.83. The largest absolute Gasteiger partial charge is 0.486 e. The average Bonchev–Trinajstić information content (AvgIpc) is 3.11. The zero-order valence-electron chi connectivity index (χ0n) is 16.8. The molecule has 1 aliphatic rings. The molecule has 30 heavy (non-hydrogen) atoms. The number of fused-ring (bicyclic) bond motifs is 2. The highest BCUT2D eigenvalue weighted by Crippen LogP contribution is 2.39. The van der Waals surface area contributed by atoms with Crippen molar-refractivity contribution in [2.24, 2.45) is 0 Å². The molecule has 160 valence electrons. The number of carbonyl (C=O) groups excluding carboxylic acids is 1. The summed E-state index contributed by atoms with van der Waals surface area (Å²) in [7, 11) is 4.03. The van der Waals surface area contributed by atoms with Gasteiger partial charge in [0, 0.05) is 18.7 Å². The molecule has 6 nitrogen and oxygen atoms in total. The fourth-order valence-electron chi connectivity index (χ4n) is 3.18. The first kappa shape index (κ1) is 22.6. The average molecular weight is 468 g/mol. The van der Waals surface area contributed by atoms with Crippen molar-refractivity contribution in [1.82, 2.24) is 9.88 Å². The van der Waals surface area contributed by atoms with Gasteiger partial charge < -0.3 is 14.4 Å². The van der Waals surface area contributed by atoms with E-state index in [-0.39, 0.29) is 18.3 Å². The molecule has 2 aromatic carbocycles. The normalized spacial score (nSPS) is 12.7. The molecule has 0 unspecified atom stereocenters. The van der Waals surface area contributed by atoms with Crippen molar-refractivity contribution in [2.45, 2.75) is 6.42 Å². The van der Waals surface area contributed by atoms with Gasteiger partial charge in [-0.2, -0.15) is 0 Å². The van der Waals surface area contributed by atoms with E-state index in [1.807, 2.05) is 38.4 Å². The molecule has 0 N–H and O–H groups in total. The van der Waals surface area contributed by atoms with Crippen molar-refractivity contribution in [3.05, 3.63) is 47.0 Å². The molecular weight excluding hydrogens is 445 g/mol. The molecule has 1 amide bonds. The van der Waals surface area contributed by atoms with Crippen LogP contribution < -0.4 is 14.4 Å². The van der Waals surface area contributed by atoms with E-state index < -0.39 is 0 Å². The minimum atomic E-state index is -0.148. The van der Waals surface area contributed by atoms with Gasteiger partial charge in [0.05, 0.1) is 20.8 Å². The Hall–Kier alpha value is -2.06. The number of hydrogen-bond donors (Lipinski definition) is 0. The first-order chi connectivity index (χ1) is 14.0. The highest BCUT2D eigenvalue weighted by atomic mass is 35.5. The molecule has 1 aromatic heterocycles. The van der Waals surface area contributed by atoms with Crippen LogP contribution in [0.3, 0.4) is 0 Å². The van der Waals surface area contributed by atoms with Crippen LogP contribution >= 0.6 is 35.3 Å². The van der Waals surface area contributed by atoms with Gasteiger partial charge in [-0.05, 0) is 39.2 Å². The summed E-state index contributed by atoms with van der Waals surface area (Å²) in [4.78, 5) is 21.9. The number of carbonyl (C=O) groups is 1. The first-order valence-electron chi connectivity index (χ1n) is 9.44. The number of aromatic nitrogens is 1. The van der Waals surface area contributed by atoms with E-state index in [4.69, 9.17) is 26.1 Å². The van der Waals surface area contributed by atoms with Crippen LogP contribution in [0, 0.1) is 0 Å². The molecule has 9 heteroatoms. The van der Waals surface area contributed by atoms with Crippen LogP contribution in [0.2, 0.25) is 5.02 Å². The lowest BCUT2D eigenvalue weighted by molar-refractivity contribution is 0.0986. The molecule has 0 fully saturated rings. The third-order valence-electron chi connectivity index (χ3n) is 4.61. The number of thiazole rings is 1. The van der Waals surface area contributed by atoms with Crippen LogP contribution in [0.15, 0.2) is 36.4 Å². The van der Waals surface area contributed by atoms with Crippen molar-refractivity contribution < 1.29 is 14.3 Å². The third-order valence-corrected chi connectivity index (χ3v) is 5.98. The van der Waals surface area contributed by atoms with Crippen molar-refractivity contribution in [1.29, 1.82) is 0 Å². The maximum absolute atomic E-state index is 13.3. The third kappa shape index (κ3) is 4.81. The van der Waals surface area contributed by atoms with Gasteiger partial charge in [0.15, 0.2) is 16.6 Å². The molecule has 0 radical (unpaired) electrons. The van der Waals surface area contributed by atoms with Crippen molar-refractivity contribution in [3.63, 3.8) is 0 Å². The summed E-state index contributed by atoms with van der Waals surface area (Å²) < 4.78 is 12.3. The Balaban J connectivity index is 0.00000256. The number of benzene rings is 2. The number of anilines is 1. The van der Waals surface area contributed by atoms with E-state index in [2.05, 4.69) is 4.90 Å². The second-order valence-corrected chi connectivity index (χ2v) is 8.47. The quantitative estimate of drug-likeness (QED) is 0.523. The molecule has 1 aliphatic heterocycles. The Kier molecular flexibility index (Phi) is 7.41. The maximum atomic E-state index is 13.3. The Bertz CT molecular complexity index is 999. The van der Waals surface area contributed by atoms with Gasteiger partial charge >= 0.3 is 0 Å².